The van der Waals surface area contributed by atoms with Gasteiger partial charge in [-0.05, 0) is 55.8 Å². The van der Waals surface area contributed by atoms with Crippen molar-refractivity contribution in [3.63, 3.8) is 0 Å². The molecule has 0 fully saturated rings. The summed E-state index contributed by atoms with van der Waals surface area (Å²) in [6, 6.07) is 12.1. The molecule has 7 nitrogen and oxygen atoms in total. The summed E-state index contributed by atoms with van der Waals surface area (Å²) in [5.41, 5.74) is 1.25. The normalized spacial score (nSPS) is 10.2. The molecule has 0 saturated carbocycles. The number of benzene rings is 2. The molecule has 0 heterocycles. The summed E-state index contributed by atoms with van der Waals surface area (Å²) in [7, 11) is 3.13. The minimum atomic E-state index is -0.552. The van der Waals surface area contributed by atoms with Gasteiger partial charge >= 0.3 is 5.97 Å². The third kappa shape index (κ3) is 6.14. The van der Waals surface area contributed by atoms with Crippen LogP contribution in [0.1, 0.15) is 29.8 Å². The maximum atomic E-state index is 12.5. The molecule has 2 aromatic rings. The number of likely N-dealkylation sites (N-methyl/N-ethyl adjacent to an activating group) is 1. The Balaban J connectivity index is 1.94. The van der Waals surface area contributed by atoms with Crippen molar-refractivity contribution < 1.29 is 28.5 Å². The van der Waals surface area contributed by atoms with Crippen LogP contribution in [0.2, 0.25) is 0 Å². The van der Waals surface area contributed by atoms with Crippen LogP contribution in [0.15, 0.2) is 42.5 Å². The Morgan fingerprint density at radius 3 is 2.21 bits per heavy atom. The van der Waals surface area contributed by atoms with Crippen LogP contribution in [0.4, 0.5) is 0 Å². The van der Waals surface area contributed by atoms with E-state index in [4.69, 9.17) is 18.9 Å². The van der Waals surface area contributed by atoms with Crippen LogP contribution >= 0.6 is 0 Å². The molecular formula is C22H27NO6. The van der Waals surface area contributed by atoms with E-state index in [1.165, 1.54) is 0 Å². The monoisotopic (exact) mass is 401 g/mol. The first kappa shape index (κ1) is 22.1. The first-order chi connectivity index (χ1) is 14.0. The molecule has 2 rings (SSSR count). The summed E-state index contributed by atoms with van der Waals surface area (Å²) in [6.45, 7) is 4.82. The minimum absolute atomic E-state index is 0.276. The Morgan fingerprint density at radius 2 is 1.62 bits per heavy atom. The first-order valence-electron chi connectivity index (χ1n) is 9.41. The van der Waals surface area contributed by atoms with Gasteiger partial charge in [-0.15, -0.1) is 0 Å². The van der Waals surface area contributed by atoms with Crippen LogP contribution in [0.3, 0.4) is 0 Å². The number of amides is 1. The zero-order chi connectivity index (χ0) is 21.2. The molecule has 0 aliphatic heterocycles. The Morgan fingerprint density at radius 1 is 0.931 bits per heavy atom. The van der Waals surface area contributed by atoms with E-state index in [1.807, 2.05) is 26.0 Å². The van der Waals surface area contributed by atoms with Crippen LogP contribution in [-0.2, 0) is 16.1 Å². The lowest BCUT2D eigenvalue weighted by atomic mass is 10.2. The molecule has 0 N–H and O–H groups in total. The highest BCUT2D eigenvalue weighted by Gasteiger charge is 2.17. The molecule has 0 aliphatic carbocycles. The predicted octanol–water partition coefficient (Wildman–Crippen LogP) is 3.31. The molecule has 1 amide bonds. The summed E-state index contributed by atoms with van der Waals surface area (Å²) >= 11 is 0. The minimum Gasteiger partial charge on any atom is -0.494 e. The van der Waals surface area contributed by atoms with Crippen LogP contribution in [-0.4, -0.2) is 50.8 Å². The molecule has 0 saturated heterocycles. The molecule has 0 spiro atoms. The third-order valence-corrected chi connectivity index (χ3v) is 4.28. The van der Waals surface area contributed by atoms with Gasteiger partial charge in [-0.25, -0.2) is 4.79 Å². The van der Waals surface area contributed by atoms with Crippen molar-refractivity contribution >= 4 is 11.9 Å². The van der Waals surface area contributed by atoms with Crippen molar-refractivity contribution in [2.24, 2.45) is 0 Å². The molecule has 0 aliphatic rings. The molecule has 0 aromatic heterocycles. The fourth-order valence-electron chi connectivity index (χ4n) is 2.73. The number of hydrogen-bond donors (Lipinski definition) is 0. The lowest BCUT2D eigenvalue weighted by Gasteiger charge is -2.21. The lowest BCUT2D eigenvalue weighted by molar-refractivity contribution is -0.134. The standard InChI is InChI=1S/C22H27NO6/c1-5-23(14-16-7-12-19(26-3)20(13-16)27-4)21(24)15-29-22(25)17-8-10-18(11-9-17)28-6-2/h7-13H,5-6,14-15H2,1-4H3. The number of carbonyl (C=O) groups excluding carboxylic acids is 2. The number of esters is 1. The van der Waals surface area contributed by atoms with E-state index in [9.17, 15) is 9.59 Å². The Labute approximate surface area is 171 Å². The topological polar surface area (TPSA) is 74.3 Å². The van der Waals surface area contributed by atoms with Gasteiger partial charge in [0.15, 0.2) is 18.1 Å². The van der Waals surface area contributed by atoms with E-state index >= 15 is 0 Å². The average Bonchev–Trinajstić information content (AvgIpc) is 2.76. The predicted molar refractivity (Wildman–Crippen MR) is 109 cm³/mol. The van der Waals surface area contributed by atoms with Gasteiger partial charge < -0.3 is 23.8 Å². The highest BCUT2D eigenvalue weighted by molar-refractivity contribution is 5.91. The number of nitrogens with zero attached hydrogens (tertiary/aromatic N) is 1. The second-order valence-electron chi connectivity index (χ2n) is 6.13. The van der Waals surface area contributed by atoms with Crippen LogP contribution in [0, 0.1) is 0 Å². The molecular weight excluding hydrogens is 374 g/mol. The first-order valence-corrected chi connectivity index (χ1v) is 9.41. The van der Waals surface area contributed by atoms with Crippen LogP contribution in [0.5, 0.6) is 17.2 Å². The lowest BCUT2D eigenvalue weighted by Crippen LogP contribution is -2.34. The second kappa shape index (κ2) is 10.9. The molecule has 7 heteroatoms. The highest BCUT2D eigenvalue weighted by atomic mass is 16.5. The average molecular weight is 401 g/mol. The van der Waals surface area contributed by atoms with Gasteiger partial charge in [-0.3, -0.25) is 4.79 Å². The van der Waals surface area contributed by atoms with Crippen LogP contribution in [0.25, 0.3) is 0 Å². The molecule has 2 aromatic carbocycles. The van der Waals surface area contributed by atoms with Crippen molar-refractivity contribution in [1.82, 2.24) is 4.90 Å². The Kier molecular flexibility index (Phi) is 8.33. The van der Waals surface area contributed by atoms with Gasteiger partial charge in [-0.2, -0.15) is 0 Å². The van der Waals surface area contributed by atoms with Gasteiger partial charge in [0.2, 0.25) is 0 Å². The van der Waals surface area contributed by atoms with Crippen molar-refractivity contribution in [2.45, 2.75) is 20.4 Å². The van der Waals surface area contributed by atoms with Crippen molar-refractivity contribution in [1.29, 1.82) is 0 Å². The number of rotatable bonds is 10. The van der Waals surface area contributed by atoms with Gasteiger partial charge in [0, 0.05) is 13.1 Å². The fraction of sp³-hybridized carbons (Fsp3) is 0.364. The van der Waals surface area contributed by atoms with Gasteiger partial charge in [0.05, 0.1) is 26.4 Å². The molecule has 0 unspecified atom stereocenters. The summed E-state index contributed by atoms with van der Waals surface area (Å²) < 4.78 is 21.0. The van der Waals surface area contributed by atoms with Crippen molar-refractivity contribution in [2.75, 3.05) is 34.0 Å². The Hall–Kier alpha value is -3.22. The van der Waals surface area contributed by atoms with E-state index < -0.39 is 5.97 Å². The number of carbonyl (C=O) groups is 2. The summed E-state index contributed by atoms with van der Waals surface area (Å²) in [5.74, 6) is 1.06. The molecule has 0 radical (unpaired) electrons. The number of hydrogen-bond acceptors (Lipinski definition) is 6. The zero-order valence-corrected chi connectivity index (χ0v) is 17.3. The summed E-state index contributed by atoms with van der Waals surface area (Å²) in [6.07, 6.45) is 0. The van der Waals surface area contributed by atoms with E-state index in [-0.39, 0.29) is 12.5 Å². The smallest absolute Gasteiger partial charge is 0.338 e. The second-order valence-corrected chi connectivity index (χ2v) is 6.13. The molecule has 156 valence electrons. The van der Waals surface area contributed by atoms with Crippen molar-refractivity contribution in [3.05, 3.63) is 53.6 Å². The Bertz CT molecular complexity index is 819. The van der Waals surface area contributed by atoms with E-state index in [1.54, 1.807) is 49.5 Å². The van der Waals surface area contributed by atoms with Crippen molar-refractivity contribution in [3.8, 4) is 17.2 Å². The maximum Gasteiger partial charge on any atom is 0.338 e. The third-order valence-electron chi connectivity index (χ3n) is 4.28. The van der Waals surface area contributed by atoms with Gasteiger partial charge in [0.25, 0.3) is 5.91 Å². The SMILES string of the molecule is CCOc1ccc(C(=O)OCC(=O)N(CC)Cc2ccc(OC)c(OC)c2)cc1. The quantitative estimate of drug-likeness (QED) is 0.569. The summed E-state index contributed by atoms with van der Waals surface area (Å²) in [4.78, 5) is 26.3. The van der Waals surface area contributed by atoms with Crippen LogP contribution < -0.4 is 14.2 Å². The maximum absolute atomic E-state index is 12.5. The van der Waals surface area contributed by atoms with E-state index in [0.29, 0.717) is 42.5 Å². The van der Waals surface area contributed by atoms with E-state index in [0.717, 1.165) is 5.56 Å². The molecule has 0 atom stereocenters. The molecule has 0 bridgehead atoms. The van der Waals surface area contributed by atoms with Gasteiger partial charge in [0.1, 0.15) is 5.75 Å². The van der Waals surface area contributed by atoms with Gasteiger partial charge in [-0.1, -0.05) is 6.07 Å². The summed E-state index contributed by atoms with van der Waals surface area (Å²) in [5, 5.41) is 0. The number of ether oxygens (including phenoxy) is 4. The highest BCUT2D eigenvalue weighted by Crippen LogP contribution is 2.28. The zero-order valence-electron chi connectivity index (χ0n) is 17.3. The number of methoxy groups -OCH3 is 2. The molecule has 29 heavy (non-hydrogen) atoms. The fourth-order valence-corrected chi connectivity index (χ4v) is 2.73. The van der Waals surface area contributed by atoms with E-state index in [2.05, 4.69) is 0 Å². The largest absolute Gasteiger partial charge is 0.494 e.